The maximum absolute atomic E-state index is 10.6. The van der Waals surface area contributed by atoms with Gasteiger partial charge in [0.2, 0.25) is 0 Å². The van der Waals surface area contributed by atoms with Crippen molar-refractivity contribution in [3.63, 3.8) is 0 Å². The van der Waals surface area contributed by atoms with Crippen LogP contribution in [0.1, 0.15) is 5.56 Å². The molecule has 1 heterocycles. The highest BCUT2D eigenvalue weighted by molar-refractivity contribution is 5.33. The van der Waals surface area contributed by atoms with E-state index in [1.807, 2.05) is 30.3 Å². The zero-order chi connectivity index (χ0) is 12.1. The summed E-state index contributed by atoms with van der Waals surface area (Å²) in [5.74, 6) is 5.47. The molecule has 0 atom stereocenters. The Kier molecular flexibility index (Phi) is 3.12. The zero-order valence-corrected chi connectivity index (χ0v) is 8.58. The van der Waals surface area contributed by atoms with Crippen molar-refractivity contribution in [1.29, 1.82) is 0 Å². The molecule has 0 saturated heterocycles. The van der Waals surface area contributed by atoms with Crippen molar-refractivity contribution in [2.24, 2.45) is 0 Å². The fourth-order valence-corrected chi connectivity index (χ4v) is 1.03. The third-order valence-electron chi connectivity index (χ3n) is 1.73. The van der Waals surface area contributed by atoms with Gasteiger partial charge < -0.3 is 4.84 Å². The van der Waals surface area contributed by atoms with E-state index < -0.39 is 11.3 Å². The number of hydrogen-bond acceptors (Lipinski definition) is 5. The van der Waals surface area contributed by atoms with E-state index in [4.69, 9.17) is 4.84 Å². The number of nitrogens with zero attached hydrogens (tertiary/aromatic N) is 1. The van der Waals surface area contributed by atoms with E-state index in [0.717, 1.165) is 5.56 Å². The van der Waals surface area contributed by atoms with Crippen LogP contribution < -0.4 is 16.1 Å². The summed E-state index contributed by atoms with van der Waals surface area (Å²) in [5.41, 5.74) is -1.42. The second-order valence-corrected chi connectivity index (χ2v) is 2.92. The third kappa shape index (κ3) is 2.89. The van der Waals surface area contributed by atoms with Gasteiger partial charge in [-0.2, -0.15) is 0 Å². The quantitative estimate of drug-likeness (QED) is 0.533. The van der Waals surface area contributed by atoms with Crippen molar-refractivity contribution in [3.05, 3.63) is 56.7 Å². The maximum atomic E-state index is 10.6. The highest BCUT2D eigenvalue weighted by Gasteiger charge is 2.03. The first kappa shape index (κ1) is 10.8. The molecule has 0 bridgehead atoms. The van der Waals surface area contributed by atoms with Crippen LogP contribution in [0.15, 0.2) is 49.0 Å². The van der Waals surface area contributed by atoms with Crippen molar-refractivity contribution in [2.45, 2.75) is 0 Å². The van der Waals surface area contributed by atoms with Crippen molar-refractivity contribution in [1.82, 2.24) is 5.08 Å². The summed E-state index contributed by atoms with van der Waals surface area (Å²) < 4.78 is 8.52. The molecule has 2 aromatic rings. The summed E-state index contributed by atoms with van der Waals surface area (Å²) in [6.45, 7) is -0.0740. The summed E-state index contributed by atoms with van der Waals surface area (Å²) in [6.07, 6.45) is 0. The highest BCUT2D eigenvalue weighted by atomic mass is 17.0. The van der Waals surface area contributed by atoms with Crippen LogP contribution in [-0.2, 0) is 0 Å². The predicted octanol–water partition coefficient (Wildman–Crippen LogP) is -0.125. The Balaban J connectivity index is 1.94. The lowest BCUT2D eigenvalue weighted by molar-refractivity contribution is -0.135. The van der Waals surface area contributed by atoms with Crippen molar-refractivity contribution >= 4 is 0 Å². The molecule has 0 aliphatic heterocycles. The van der Waals surface area contributed by atoms with Crippen LogP contribution in [0.4, 0.5) is 0 Å². The standard InChI is InChI=1S/C11H7NO5/c13-10-11(14)17-12(16-10)15-8-4-7-9-5-2-1-3-6-9/h1-3,5-6H,8H2. The lowest BCUT2D eigenvalue weighted by Crippen LogP contribution is -2.14. The van der Waals surface area contributed by atoms with Crippen LogP contribution in [-0.4, -0.2) is 11.7 Å². The summed E-state index contributed by atoms with van der Waals surface area (Å²) >= 11 is 0. The molecule has 17 heavy (non-hydrogen) atoms. The Bertz CT molecular complexity index is 625. The molecule has 0 aliphatic carbocycles. The molecular formula is C11H7NO5. The number of benzene rings is 1. The molecule has 0 saturated carbocycles. The van der Waals surface area contributed by atoms with Crippen molar-refractivity contribution in [3.8, 4) is 11.8 Å². The maximum Gasteiger partial charge on any atom is 0.449 e. The van der Waals surface area contributed by atoms with E-state index in [2.05, 4.69) is 20.9 Å². The average molecular weight is 233 g/mol. The summed E-state index contributed by atoms with van der Waals surface area (Å²) in [5, 5.41) is 0.338. The summed E-state index contributed by atoms with van der Waals surface area (Å²) in [7, 11) is 0. The molecule has 2 rings (SSSR count). The molecule has 0 N–H and O–H groups in total. The summed E-state index contributed by atoms with van der Waals surface area (Å²) in [6, 6.07) is 9.26. The average Bonchev–Trinajstić information content (AvgIpc) is 2.66. The normalized spacial score (nSPS) is 9.41. The minimum atomic E-state index is -1.12. The van der Waals surface area contributed by atoms with Gasteiger partial charge in [-0.1, -0.05) is 30.0 Å². The van der Waals surface area contributed by atoms with Crippen LogP contribution in [0, 0.1) is 11.8 Å². The molecule has 0 amide bonds. The van der Waals surface area contributed by atoms with E-state index >= 15 is 0 Å². The molecule has 86 valence electrons. The Hall–Kier alpha value is -2.68. The number of rotatable bonds is 2. The smallest absolute Gasteiger partial charge is 0.344 e. The summed E-state index contributed by atoms with van der Waals surface area (Å²) in [4.78, 5) is 25.9. The van der Waals surface area contributed by atoms with Gasteiger partial charge in [0.1, 0.15) is 5.08 Å². The van der Waals surface area contributed by atoms with Crippen LogP contribution in [0.5, 0.6) is 0 Å². The van der Waals surface area contributed by atoms with Crippen LogP contribution in [0.2, 0.25) is 0 Å². The Morgan fingerprint density at radius 2 is 1.76 bits per heavy atom. The van der Waals surface area contributed by atoms with E-state index in [9.17, 15) is 9.59 Å². The van der Waals surface area contributed by atoms with Crippen LogP contribution >= 0.6 is 0 Å². The van der Waals surface area contributed by atoms with Gasteiger partial charge in [0, 0.05) is 5.56 Å². The molecule has 6 nitrogen and oxygen atoms in total. The van der Waals surface area contributed by atoms with Crippen molar-refractivity contribution in [2.75, 3.05) is 6.61 Å². The van der Waals surface area contributed by atoms with Gasteiger partial charge >= 0.3 is 11.3 Å². The molecule has 6 heteroatoms. The van der Waals surface area contributed by atoms with Crippen LogP contribution in [0.3, 0.4) is 0 Å². The van der Waals surface area contributed by atoms with E-state index in [1.54, 1.807) is 0 Å². The van der Waals surface area contributed by atoms with E-state index in [-0.39, 0.29) is 6.61 Å². The van der Waals surface area contributed by atoms with Gasteiger partial charge in [-0.25, -0.2) is 9.59 Å². The molecule has 0 spiro atoms. The lowest BCUT2D eigenvalue weighted by Gasteiger charge is -1.93. The Morgan fingerprint density at radius 1 is 1.12 bits per heavy atom. The SMILES string of the molecule is O=c1on(OCC#Cc2ccccc2)oc1=O. The number of hydrogen-bond donors (Lipinski definition) is 0. The fourth-order valence-electron chi connectivity index (χ4n) is 1.03. The zero-order valence-electron chi connectivity index (χ0n) is 8.58. The Morgan fingerprint density at radius 3 is 2.41 bits per heavy atom. The largest absolute Gasteiger partial charge is 0.449 e. The first-order chi connectivity index (χ1) is 8.25. The molecule has 1 aromatic carbocycles. The van der Waals surface area contributed by atoms with Gasteiger partial charge in [-0.05, 0) is 12.1 Å². The van der Waals surface area contributed by atoms with Gasteiger partial charge in [-0.15, -0.1) is 0 Å². The fraction of sp³-hybridized carbons (Fsp3) is 0.0909. The molecule has 1 aromatic heterocycles. The molecule has 0 unspecified atom stereocenters. The van der Waals surface area contributed by atoms with E-state index in [0.29, 0.717) is 5.08 Å². The lowest BCUT2D eigenvalue weighted by atomic mass is 10.2. The molecule has 0 radical (unpaired) electrons. The number of aromatic nitrogens is 1. The van der Waals surface area contributed by atoms with Crippen molar-refractivity contribution < 1.29 is 13.9 Å². The topological polar surface area (TPSA) is 74.6 Å². The molecule has 0 fully saturated rings. The van der Waals surface area contributed by atoms with Gasteiger partial charge in [0.15, 0.2) is 6.61 Å². The van der Waals surface area contributed by atoms with Gasteiger partial charge in [-0.3, -0.25) is 9.05 Å². The second-order valence-electron chi connectivity index (χ2n) is 2.92. The Labute approximate surface area is 94.9 Å². The van der Waals surface area contributed by atoms with E-state index in [1.165, 1.54) is 0 Å². The molecular weight excluding hydrogens is 226 g/mol. The molecule has 0 aliphatic rings. The third-order valence-corrected chi connectivity index (χ3v) is 1.73. The van der Waals surface area contributed by atoms with Gasteiger partial charge in [0.25, 0.3) is 0 Å². The second kappa shape index (κ2) is 4.90. The predicted molar refractivity (Wildman–Crippen MR) is 56.3 cm³/mol. The monoisotopic (exact) mass is 233 g/mol. The highest BCUT2D eigenvalue weighted by Crippen LogP contribution is 1.94. The van der Waals surface area contributed by atoms with Gasteiger partial charge in [0.05, 0.1) is 0 Å². The first-order valence-corrected chi connectivity index (χ1v) is 4.67. The minimum absolute atomic E-state index is 0.0740. The minimum Gasteiger partial charge on any atom is -0.344 e. The first-order valence-electron chi connectivity index (χ1n) is 4.67. The van der Waals surface area contributed by atoms with Crippen LogP contribution in [0.25, 0.3) is 0 Å².